The lowest BCUT2D eigenvalue weighted by molar-refractivity contribution is 0.353. The average molecular weight is 293 g/mol. The monoisotopic (exact) mass is 293 g/mol. The van der Waals surface area contributed by atoms with Gasteiger partial charge in [-0.2, -0.15) is 0 Å². The van der Waals surface area contributed by atoms with Crippen molar-refractivity contribution in [2.45, 2.75) is 13.8 Å². The fourth-order valence-corrected chi connectivity index (χ4v) is 2.36. The van der Waals surface area contributed by atoms with Gasteiger partial charge in [0.25, 0.3) is 0 Å². The van der Waals surface area contributed by atoms with Crippen molar-refractivity contribution in [3.8, 4) is 17.0 Å². The lowest BCUT2D eigenvalue weighted by Gasteiger charge is -2.05. The molecule has 2 heterocycles. The van der Waals surface area contributed by atoms with E-state index >= 15 is 0 Å². The molecule has 0 amide bonds. The molecule has 0 atom stereocenters. The van der Waals surface area contributed by atoms with E-state index in [1.165, 1.54) is 0 Å². The zero-order valence-electron chi connectivity index (χ0n) is 12.8. The molecule has 0 spiro atoms. The second kappa shape index (κ2) is 5.56. The Balaban J connectivity index is 1.91. The highest BCUT2D eigenvalue weighted by molar-refractivity contribution is 5.66. The van der Waals surface area contributed by atoms with E-state index in [0.717, 1.165) is 39.5 Å². The van der Waals surface area contributed by atoms with Gasteiger partial charge in [-0.05, 0) is 55.3 Å². The number of aryl methyl sites for hydroxylation is 1. The first kappa shape index (κ1) is 14.2. The molecule has 112 valence electrons. The Kier molecular flexibility index (Phi) is 3.59. The quantitative estimate of drug-likeness (QED) is 0.743. The van der Waals surface area contributed by atoms with Crippen molar-refractivity contribution in [2.75, 3.05) is 12.3 Å². The Bertz CT molecular complexity index is 831. The average Bonchev–Trinajstić information content (AvgIpc) is 2.90. The number of nitrogen functional groups attached to an aromatic ring is 1. The van der Waals surface area contributed by atoms with E-state index in [9.17, 15) is 0 Å². The van der Waals surface area contributed by atoms with Gasteiger partial charge >= 0.3 is 0 Å². The number of imidazole rings is 1. The van der Waals surface area contributed by atoms with Gasteiger partial charge in [-0.1, -0.05) is 6.58 Å². The maximum absolute atomic E-state index is 5.88. The van der Waals surface area contributed by atoms with E-state index in [-0.39, 0.29) is 0 Å². The number of anilines is 1. The van der Waals surface area contributed by atoms with Crippen LogP contribution < -0.4 is 10.5 Å². The molecular weight excluding hydrogens is 274 g/mol. The minimum Gasteiger partial charge on any atom is -0.489 e. The minimum absolute atomic E-state index is 0.534. The Morgan fingerprint density at radius 2 is 2.00 bits per heavy atom. The SMILES string of the molecule is C=C(C)COc1ccc(-c2cn3cc(N)cc(C)c3n2)cc1. The molecule has 0 fully saturated rings. The zero-order chi connectivity index (χ0) is 15.7. The highest BCUT2D eigenvalue weighted by atomic mass is 16.5. The molecule has 0 radical (unpaired) electrons. The highest BCUT2D eigenvalue weighted by Crippen LogP contribution is 2.24. The summed E-state index contributed by atoms with van der Waals surface area (Å²) < 4.78 is 7.57. The van der Waals surface area contributed by atoms with E-state index in [1.807, 2.05) is 61.0 Å². The molecule has 3 rings (SSSR count). The van der Waals surface area contributed by atoms with Crippen LogP contribution in [-0.2, 0) is 0 Å². The van der Waals surface area contributed by atoms with Crippen molar-refractivity contribution < 1.29 is 4.74 Å². The van der Waals surface area contributed by atoms with Gasteiger partial charge in [-0.25, -0.2) is 4.98 Å². The summed E-state index contributed by atoms with van der Waals surface area (Å²) in [6.45, 7) is 8.32. The van der Waals surface area contributed by atoms with Crippen molar-refractivity contribution in [1.29, 1.82) is 0 Å². The van der Waals surface area contributed by atoms with Crippen molar-refractivity contribution in [2.24, 2.45) is 0 Å². The van der Waals surface area contributed by atoms with Crippen molar-refractivity contribution in [3.63, 3.8) is 0 Å². The fourth-order valence-electron chi connectivity index (χ4n) is 2.36. The van der Waals surface area contributed by atoms with Gasteiger partial charge in [0.2, 0.25) is 0 Å². The number of fused-ring (bicyclic) bond motifs is 1. The Labute approximate surface area is 129 Å². The number of nitrogens with zero attached hydrogens (tertiary/aromatic N) is 2. The molecule has 2 aromatic heterocycles. The number of ether oxygens (including phenoxy) is 1. The molecule has 4 heteroatoms. The Hall–Kier alpha value is -2.75. The number of rotatable bonds is 4. The van der Waals surface area contributed by atoms with Crippen LogP contribution in [0.5, 0.6) is 5.75 Å². The van der Waals surface area contributed by atoms with Crippen LogP contribution in [0.25, 0.3) is 16.9 Å². The molecule has 0 aliphatic rings. The summed E-state index contributed by atoms with van der Waals surface area (Å²) in [6, 6.07) is 9.84. The number of nitrogens with two attached hydrogens (primary N) is 1. The van der Waals surface area contributed by atoms with Crippen molar-refractivity contribution >= 4 is 11.3 Å². The molecule has 22 heavy (non-hydrogen) atoms. The molecule has 3 aromatic rings. The van der Waals surface area contributed by atoms with Gasteiger partial charge in [-0.3, -0.25) is 0 Å². The summed E-state index contributed by atoms with van der Waals surface area (Å²) >= 11 is 0. The van der Waals surface area contributed by atoms with Crippen LogP contribution in [0.15, 0.2) is 54.9 Å². The molecule has 0 unspecified atom stereocenters. The summed E-state index contributed by atoms with van der Waals surface area (Å²) in [7, 11) is 0. The molecule has 2 N–H and O–H groups in total. The largest absolute Gasteiger partial charge is 0.489 e. The predicted octanol–water partition coefficient (Wildman–Crippen LogP) is 3.85. The van der Waals surface area contributed by atoms with Gasteiger partial charge < -0.3 is 14.9 Å². The van der Waals surface area contributed by atoms with Crippen LogP contribution in [0.1, 0.15) is 12.5 Å². The third-order valence-corrected chi connectivity index (χ3v) is 3.39. The molecule has 0 saturated carbocycles. The number of hydrogen-bond acceptors (Lipinski definition) is 3. The van der Waals surface area contributed by atoms with Crippen LogP contribution in [-0.4, -0.2) is 16.0 Å². The second-order valence-corrected chi connectivity index (χ2v) is 5.58. The topological polar surface area (TPSA) is 52.5 Å². The minimum atomic E-state index is 0.534. The summed E-state index contributed by atoms with van der Waals surface area (Å²) in [6.07, 6.45) is 3.87. The van der Waals surface area contributed by atoms with Gasteiger partial charge in [0.15, 0.2) is 0 Å². The lowest BCUT2D eigenvalue weighted by Crippen LogP contribution is -1.97. The maximum Gasteiger partial charge on any atom is 0.140 e. The van der Waals surface area contributed by atoms with Gasteiger partial charge in [0.1, 0.15) is 18.0 Å². The molecule has 4 nitrogen and oxygen atoms in total. The van der Waals surface area contributed by atoms with E-state index in [1.54, 1.807) is 0 Å². The number of hydrogen-bond donors (Lipinski definition) is 1. The number of pyridine rings is 1. The van der Waals surface area contributed by atoms with Gasteiger partial charge in [0.05, 0.1) is 5.69 Å². The second-order valence-electron chi connectivity index (χ2n) is 5.58. The first-order valence-corrected chi connectivity index (χ1v) is 7.15. The lowest BCUT2D eigenvalue weighted by atomic mass is 10.1. The molecule has 0 saturated heterocycles. The number of benzene rings is 1. The smallest absolute Gasteiger partial charge is 0.140 e. The van der Waals surface area contributed by atoms with Crippen LogP contribution in [0.4, 0.5) is 5.69 Å². The molecule has 0 aliphatic heterocycles. The van der Waals surface area contributed by atoms with Crippen LogP contribution >= 0.6 is 0 Å². The van der Waals surface area contributed by atoms with E-state index in [0.29, 0.717) is 6.61 Å². The Morgan fingerprint density at radius 1 is 1.27 bits per heavy atom. The van der Waals surface area contributed by atoms with E-state index < -0.39 is 0 Å². The summed E-state index contributed by atoms with van der Waals surface area (Å²) in [5.41, 5.74) is 11.6. The highest BCUT2D eigenvalue weighted by Gasteiger charge is 2.07. The van der Waals surface area contributed by atoms with Gasteiger partial charge in [0, 0.05) is 23.6 Å². The Morgan fingerprint density at radius 3 is 2.68 bits per heavy atom. The van der Waals surface area contributed by atoms with Crippen molar-refractivity contribution in [1.82, 2.24) is 9.38 Å². The fraction of sp³-hybridized carbons (Fsp3) is 0.167. The third-order valence-electron chi connectivity index (χ3n) is 3.39. The van der Waals surface area contributed by atoms with Crippen LogP contribution in [0.2, 0.25) is 0 Å². The van der Waals surface area contributed by atoms with Crippen LogP contribution in [0, 0.1) is 6.92 Å². The predicted molar refractivity (Wildman–Crippen MR) is 90.1 cm³/mol. The van der Waals surface area contributed by atoms with Crippen LogP contribution in [0.3, 0.4) is 0 Å². The molecule has 1 aromatic carbocycles. The maximum atomic E-state index is 5.88. The first-order chi connectivity index (χ1) is 10.5. The molecule has 0 aliphatic carbocycles. The van der Waals surface area contributed by atoms with Gasteiger partial charge in [-0.15, -0.1) is 0 Å². The molecular formula is C18H19N3O. The zero-order valence-corrected chi connectivity index (χ0v) is 12.8. The summed E-state index contributed by atoms with van der Waals surface area (Å²) in [4.78, 5) is 4.68. The third kappa shape index (κ3) is 2.81. The van der Waals surface area contributed by atoms with E-state index in [2.05, 4.69) is 11.6 Å². The number of aromatic nitrogens is 2. The summed E-state index contributed by atoms with van der Waals surface area (Å²) in [5, 5.41) is 0. The standard InChI is InChI=1S/C18H19N3O/c1-12(2)11-22-16-6-4-14(5-7-16)17-10-21-9-15(19)8-13(3)18(21)20-17/h4-10H,1,11,19H2,2-3H3. The first-order valence-electron chi connectivity index (χ1n) is 7.15. The summed E-state index contributed by atoms with van der Waals surface area (Å²) in [5.74, 6) is 0.830. The molecule has 0 bridgehead atoms. The van der Waals surface area contributed by atoms with Crippen molar-refractivity contribution in [3.05, 3.63) is 60.4 Å². The van der Waals surface area contributed by atoms with E-state index in [4.69, 9.17) is 10.5 Å². The normalized spacial score (nSPS) is 10.8.